The van der Waals surface area contributed by atoms with Gasteiger partial charge in [-0.15, -0.1) is 11.3 Å². The lowest BCUT2D eigenvalue weighted by Crippen LogP contribution is -2.52. The van der Waals surface area contributed by atoms with Crippen molar-refractivity contribution in [2.24, 2.45) is 5.41 Å². The Morgan fingerprint density at radius 3 is 2.79 bits per heavy atom. The molecule has 0 saturated carbocycles. The first-order valence-corrected chi connectivity index (χ1v) is 8.68. The van der Waals surface area contributed by atoms with E-state index in [1.54, 1.807) is 4.90 Å². The van der Waals surface area contributed by atoms with Crippen LogP contribution in [0.1, 0.15) is 22.5 Å². The van der Waals surface area contributed by atoms with Crippen LogP contribution >= 0.6 is 11.3 Å². The Morgan fingerprint density at radius 1 is 1.38 bits per heavy atom. The number of amides is 1. The highest BCUT2D eigenvalue weighted by Gasteiger charge is 2.44. The number of piperidine rings is 1. The number of ether oxygens (including phenoxy) is 1. The van der Waals surface area contributed by atoms with E-state index in [-0.39, 0.29) is 19.1 Å². The summed E-state index contributed by atoms with van der Waals surface area (Å²) in [5.41, 5.74) is -0.193. The third kappa shape index (κ3) is 2.97. The maximum Gasteiger partial charge on any atom is 0.313 e. The fraction of sp³-hybridized carbons (Fsp3) is 0.412. The Kier molecular flexibility index (Phi) is 4.73. The zero-order valence-corrected chi connectivity index (χ0v) is 14.3. The van der Waals surface area contributed by atoms with Gasteiger partial charge in [-0.2, -0.15) is 0 Å². The maximum absolute atomic E-state index is 13.0. The van der Waals surface area contributed by atoms with Gasteiger partial charge >= 0.3 is 5.97 Å². The molecule has 0 aromatic carbocycles. The van der Waals surface area contributed by atoms with Crippen LogP contribution < -0.4 is 0 Å². The van der Waals surface area contributed by atoms with E-state index in [2.05, 4.69) is 0 Å². The third-order valence-corrected chi connectivity index (χ3v) is 5.35. The van der Waals surface area contributed by atoms with E-state index in [0.717, 1.165) is 5.69 Å². The van der Waals surface area contributed by atoms with Crippen LogP contribution in [0.5, 0.6) is 0 Å². The molecule has 128 valence electrons. The van der Waals surface area contributed by atoms with Gasteiger partial charge in [0.05, 0.1) is 12.3 Å². The highest BCUT2D eigenvalue weighted by Crippen LogP contribution is 2.33. The van der Waals surface area contributed by atoms with E-state index in [0.29, 0.717) is 24.3 Å². The SMILES string of the molecule is COC[C@]1(C(=O)O)CCCN(C(=O)c2sccc2-n2cccc2)C1. The fourth-order valence-electron chi connectivity index (χ4n) is 3.24. The fourth-order valence-corrected chi connectivity index (χ4v) is 4.10. The van der Waals surface area contributed by atoms with Gasteiger partial charge in [-0.25, -0.2) is 0 Å². The van der Waals surface area contributed by atoms with Gasteiger partial charge in [-0.1, -0.05) is 0 Å². The summed E-state index contributed by atoms with van der Waals surface area (Å²) in [5, 5.41) is 11.5. The standard InChI is InChI=1S/C17H20N2O4S/c1-23-12-17(16(21)22)6-4-9-19(11-17)15(20)14-13(5-10-24-14)18-7-2-3-8-18/h2-3,5,7-8,10H,4,6,9,11-12H2,1H3,(H,21,22)/t17-/m0/s1. The Hall–Kier alpha value is -2.12. The molecule has 3 rings (SSSR count). The minimum atomic E-state index is -1.02. The first kappa shape index (κ1) is 16.7. The number of carboxylic acid groups (broad SMARTS) is 1. The highest BCUT2D eigenvalue weighted by atomic mass is 32.1. The number of nitrogens with zero attached hydrogens (tertiary/aromatic N) is 2. The summed E-state index contributed by atoms with van der Waals surface area (Å²) in [5.74, 6) is -1.02. The molecular weight excluding hydrogens is 328 g/mol. The molecule has 2 aromatic rings. The molecule has 1 atom stereocenters. The lowest BCUT2D eigenvalue weighted by atomic mass is 9.80. The van der Waals surface area contributed by atoms with Crippen LogP contribution in [0.3, 0.4) is 0 Å². The first-order valence-electron chi connectivity index (χ1n) is 7.80. The van der Waals surface area contributed by atoms with Gasteiger partial charge in [0.25, 0.3) is 5.91 Å². The average Bonchev–Trinajstić information content (AvgIpc) is 3.25. The van der Waals surface area contributed by atoms with Crippen molar-refractivity contribution in [1.29, 1.82) is 0 Å². The summed E-state index contributed by atoms with van der Waals surface area (Å²) in [6.07, 6.45) is 4.96. The molecule has 0 unspecified atom stereocenters. The van der Waals surface area contributed by atoms with E-state index in [4.69, 9.17) is 4.74 Å². The van der Waals surface area contributed by atoms with E-state index >= 15 is 0 Å². The van der Waals surface area contributed by atoms with Crippen molar-refractivity contribution in [3.63, 3.8) is 0 Å². The summed E-state index contributed by atoms with van der Waals surface area (Å²) >= 11 is 1.38. The maximum atomic E-state index is 13.0. The number of methoxy groups -OCH3 is 1. The molecule has 1 aliphatic rings. The van der Waals surface area contributed by atoms with Crippen LogP contribution in [0.2, 0.25) is 0 Å². The number of rotatable bonds is 5. The third-order valence-electron chi connectivity index (χ3n) is 4.46. The molecule has 2 aromatic heterocycles. The molecule has 1 fully saturated rings. The number of hydrogen-bond donors (Lipinski definition) is 1. The number of carboxylic acids is 1. The van der Waals surface area contributed by atoms with Gasteiger partial charge in [-0.05, 0) is 36.4 Å². The zero-order chi connectivity index (χ0) is 17.2. The average molecular weight is 348 g/mol. The number of likely N-dealkylation sites (tertiary alicyclic amines) is 1. The summed E-state index contributed by atoms with van der Waals surface area (Å²) in [6, 6.07) is 5.71. The van der Waals surface area contributed by atoms with Crippen molar-refractivity contribution < 1.29 is 19.4 Å². The summed E-state index contributed by atoms with van der Waals surface area (Å²) in [7, 11) is 1.49. The van der Waals surface area contributed by atoms with E-state index in [9.17, 15) is 14.7 Å². The smallest absolute Gasteiger partial charge is 0.313 e. The van der Waals surface area contributed by atoms with Crippen LogP contribution in [0.25, 0.3) is 5.69 Å². The van der Waals surface area contributed by atoms with Crippen molar-refractivity contribution in [3.8, 4) is 5.69 Å². The second kappa shape index (κ2) is 6.78. The molecule has 0 bridgehead atoms. The Labute approximate surface area is 144 Å². The normalized spacial score (nSPS) is 21.0. The molecule has 7 heteroatoms. The second-order valence-electron chi connectivity index (χ2n) is 6.07. The van der Waals surface area contributed by atoms with E-state index < -0.39 is 11.4 Å². The summed E-state index contributed by atoms with van der Waals surface area (Å²) < 4.78 is 7.02. The second-order valence-corrected chi connectivity index (χ2v) is 6.99. The number of carbonyl (C=O) groups is 2. The minimum Gasteiger partial charge on any atom is -0.481 e. The van der Waals surface area contributed by atoms with Crippen molar-refractivity contribution in [3.05, 3.63) is 40.8 Å². The highest BCUT2D eigenvalue weighted by molar-refractivity contribution is 7.12. The van der Waals surface area contributed by atoms with Crippen LogP contribution in [0, 0.1) is 5.41 Å². The molecule has 3 heterocycles. The van der Waals surface area contributed by atoms with Crippen LogP contribution in [-0.2, 0) is 9.53 Å². The molecule has 1 saturated heterocycles. The lowest BCUT2D eigenvalue weighted by molar-refractivity contribution is -0.155. The topological polar surface area (TPSA) is 71.8 Å². The van der Waals surface area contributed by atoms with Gasteiger partial charge in [0.15, 0.2) is 0 Å². The van der Waals surface area contributed by atoms with E-state index in [1.807, 2.05) is 40.5 Å². The van der Waals surface area contributed by atoms with Crippen LogP contribution in [0.4, 0.5) is 0 Å². The van der Waals surface area contributed by atoms with Crippen molar-refractivity contribution in [2.75, 3.05) is 26.8 Å². The number of hydrogen-bond acceptors (Lipinski definition) is 4. The number of aliphatic carboxylic acids is 1. The molecular formula is C17H20N2O4S. The Bertz CT molecular complexity index is 721. The molecule has 0 spiro atoms. The lowest BCUT2D eigenvalue weighted by Gasteiger charge is -2.39. The number of aromatic nitrogens is 1. The largest absolute Gasteiger partial charge is 0.481 e. The van der Waals surface area contributed by atoms with E-state index in [1.165, 1.54) is 18.4 Å². The first-order chi connectivity index (χ1) is 11.6. The molecule has 1 N–H and O–H groups in total. The molecule has 24 heavy (non-hydrogen) atoms. The minimum absolute atomic E-state index is 0.112. The number of carbonyl (C=O) groups excluding carboxylic acids is 1. The van der Waals surface area contributed by atoms with Crippen LogP contribution in [-0.4, -0.2) is 53.3 Å². The monoisotopic (exact) mass is 348 g/mol. The van der Waals surface area contributed by atoms with Crippen LogP contribution in [0.15, 0.2) is 36.0 Å². The molecule has 6 nitrogen and oxygen atoms in total. The Balaban J connectivity index is 1.86. The molecule has 0 radical (unpaired) electrons. The van der Waals surface area contributed by atoms with Crippen molar-refractivity contribution >= 4 is 23.2 Å². The molecule has 1 amide bonds. The Morgan fingerprint density at radius 2 is 2.12 bits per heavy atom. The quantitative estimate of drug-likeness (QED) is 0.901. The van der Waals surface area contributed by atoms with Gasteiger partial charge in [0, 0.05) is 32.6 Å². The predicted octanol–water partition coefficient (Wildman–Crippen LogP) is 2.49. The molecule has 0 aliphatic carbocycles. The summed E-state index contributed by atoms with van der Waals surface area (Å²) in [4.78, 5) is 27.0. The predicted molar refractivity (Wildman–Crippen MR) is 90.7 cm³/mol. The number of thiophene rings is 1. The summed E-state index contributed by atoms with van der Waals surface area (Å²) in [6.45, 7) is 0.861. The molecule has 1 aliphatic heterocycles. The van der Waals surface area contributed by atoms with Gasteiger partial charge in [0.2, 0.25) is 0 Å². The van der Waals surface area contributed by atoms with Gasteiger partial charge in [0.1, 0.15) is 10.3 Å². The van der Waals surface area contributed by atoms with Crippen molar-refractivity contribution in [1.82, 2.24) is 9.47 Å². The van der Waals surface area contributed by atoms with Gasteiger partial charge in [-0.3, -0.25) is 9.59 Å². The zero-order valence-electron chi connectivity index (χ0n) is 13.5. The van der Waals surface area contributed by atoms with Crippen molar-refractivity contribution in [2.45, 2.75) is 12.8 Å². The van der Waals surface area contributed by atoms with Gasteiger partial charge < -0.3 is 19.3 Å².